The lowest BCUT2D eigenvalue weighted by Gasteiger charge is -2.06. The molecule has 31 heavy (non-hydrogen) atoms. The van der Waals surface area contributed by atoms with Gasteiger partial charge in [-0.05, 0) is 58.0 Å². The summed E-state index contributed by atoms with van der Waals surface area (Å²) >= 11 is 0. The van der Waals surface area contributed by atoms with Gasteiger partial charge in [0.25, 0.3) is 0 Å². The number of hydrogen-bond donors (Lipinski definition) is 2. The summed E-state index contributed by atoms with van der Waals surface area (Å²) in [6, 6.07) is 22.5. The molecule has 152 valence electrons. The van der Waals surface area contributed by atoms with E-state index in [1.165, 1.54) is 5.56 Å². The second-order valence-electron chi connectivity index (χ2n) is 7.11. The average molecular weight is 408 g/mol. The van der Waals surface area contributed by atoms with Crippen LogP contribution in [0.15, 0.2) is 66.7 Å². The molecule has 5 rings (SSSR count). The molecule has 0 saturated carbocycles. The van der Waals surface area contributed by atoms with Crippen molar-refractivity contribution in [3.63, 3.8) is 0 Å². The molecule has 0 radical (unpaired) electrons. The van der Waals surface area contributed by atoms with Gasteiger partial charge in [0.15, 0.2) is 5.82 Å². The predicted molar refractivity (Wildman–Crippen MR) is 120 cm³/mol. The van der Waals surface area contributed by atoms with Gasteiger partial charge in [0, 0.05) is 29.1 Å². The maximum Gasteiger partial charge on any atom is 0.172 e. The highest BCUT2D eigenvalue weighted by Crippen LogP contribution is 2.33. The van der Waals surface area contributed by atoms with E-state index in [2.05, 4.69) is 43.8 Å². The minimum Gasteiger partial charge on any atom is -0.497 e. The molecule has 0 bridgehead atoms. The molecule has 0 aliphatic heterocycles. The van der Waals surface area contributed by atoms with Crippen LogP contribution in [0.4, 0.5) is 0 Å². The molecule has 0 atom stereocenters. The Balaban J connectivity index is 1.54. The van der Waals surface area contributed by atoms with Crippen LogP contribution in [0.1, 0.15) is 22.8 Å². The number of aromatic nitrogens is 6. The van der Waals surface area contributed by atoms with Crippen molar-refractivity contribution in [2.24, 2.45) is 0 Å². The first-order valence-electron chi connectivity index (χ1n) is 9.92. The lowest BCUT2D eigenvalue weighted by Crippen LogP contribution is -1.95. The Labute approximate surface area is 178 Å². The maximum absolute atomic E-state index is 5.41. The number of tetrazole rings is 1. The number of nitrogens with one attached hydrogen (secondary N) is 2. The van der Waals surface area contributed by atoms with Crippen molar-refractivity contribution in [2.75, 3.05) is 7.11 Å². The van der Waals surface area contributed by atoms with E-state index in [0.717, 1.165) is 39.3 Å². The van der Waals surface area contributed by atoms with E-state index in [0.29, 0.717) is 12.2 Å². The van der Waals surface area contributed by atoms with Crippen LogP contribution in [0.5, 0.6) is 5.75 Å². The topological polar surface area (TPSA) is 92.4 Å². The molecule has 0 unspecified atom stereocenters. The Kier molecular flexibility index (Phi) is 4.98. The maximum atomic E-state index is 5.41. The molecule has 0 aliphatic carbocycles. The van der Waals surface area contributed by atoms with Gasteiger partial charge in [-0.15, -0.1) is 5.10 Å². The van der Waals surface area contributed by atoms with Crippen LogP contribution < -0.4 is 4.74 Å². The zero-order valence-electron chi connectivity index (χ0n) is 16.9. The van der Waals surface area contributed by atoms with Gasteiger partial charge in [-0.3, -0.25) is 4.98 Å². The summed E-state index contributed by atoms with van der Waals surface area (Å²) in [5.74, 6) is 1.41. The highest BCUT2D eigenvalue weighted by atomic mass is 16.5. The zero-order chi connectivity index (χ0) is 21.0. The fourth-order valence-corrected chi connectivity index (χ4v) is 3.67. The SMILES string of the molecule is COc1ccc2c(Cc3cccc(/C=C/c4nnn[nH]4)n3)c(-c3ccccc3)[nH]c2c1. The Morgan fingerprint density at radius 1 is 0.968 bits per heavy atom. The Hall–Kier alpha value is -4.26. The molecule has 0 amide bonds. The van der Waals surface area contributed by atoms with Gasteiger partial charge in [-0.1, -0.05) is 36.4 Å². The van der Waals surface area contributed by atoms with Crippen LogP contribution in [0.25, 0.3) is 34.3 Å². The number of fused-ring (bicyclic) bond motifs is 1. The van der Waals surface area contributed by atoms with Crippen LogP contribution in [0.3, 0.4) is 0 Å². The third-order valence-corrected chi connectivity index (χ3v) is 5.14. The summed E-state index contributed by atoms with van der Waals surface area (Å²) in [4.78, 5) is 8.40. The first-order valence-corrected chi connectivity index (χ1v) is 9.92. The lowest BCUT2D eigenvalue weighted by molar-refractivity contribution is 0.415. The van der Waals surface area contributed by atoms with Crippen LogP contribution in [0, 0.1) is 0 Å². The van der Waals surface area contributed by atoms with E-state index >= 15 is 0 Å². The van der Waals surface area contributed by atoms with Crippen LogP contribution in [-0.2, 0) is 6.42 Å². The number of benzene rings is 2. The standard InChI is InChI=1S/C24H20N6O/c1-31-19-11-12-20-21(24(26-22(20)15-19)16-6-3-2-4-7-16)14-18-9-5-8-17(25-18)10-13-23-27-29-30-28-23/h2-13,15,26H,14H2,1H3,(H,27,28,29,30)/b13-10+. The highest BCUT2D eigenvalue weighted by Gasteiger charge is 2.15. The van der Waals surface area contributed by atoms with E-state index in [1.807, 2.05) is 54.6 Å². The molecule has 7 heteroatoms. The number of pyridine rings is 1. The van der Waals surface area contributed by atoms with Crippen molar-refractivity contribution in [3.8, 4) is 17.0 Å². The van der Waals surface area contributed by atoms with Gasteiger partial charge in [-0.2, -0.15) is 0 Å². The molecule has 5 aromatic rings. The Morgan fingerprint density at radius 3 is 2.68 bits per heavy atom. The molecule has 0 spiro atoms. The molecule has 3 aromatic heterocycles. The molecule has 0 fully saturated rings. The number of methoxy groups -OCH3 is 1. The molecular formula is C24H20N6O. The van der Waals surface area contributed by atoms with Crippen molar-refractivity contribution in [3.05, 3.63) is 89.5 Å². The molecule has 2 N–H and O–H groups in total. The van der Waals surface area contributed by atoms with E-state index < -0.39 is 0 Å². The van der Waals surface area contributed by atoms with E-state index in [1.54, 1.807) is 13.2 Å². The molecular weight excluding hydrogens is 388 g/mol. The quantitative estimate of drug-likeness (QED) is 0.431. The van der Waals surface area contributed by atoms with Crippen molar-refractivity contribution < 1.29 is 4.74 Å². The van der Waals surface area contributed by atoms with Crippen LogP contribution in [0.2, 0.25) is 0 Å². The zero-order valence-corrected chi connectivity index (χ0v) is 16.9. The Bertz CT molecular complexity index is 1340. The van der Waals surface area contributed by atoms with Crippen molar-refractivity contribution in [1.29, 1.82) is 0 Å². The van der Waals surface area contributed by atoms with Crippen LogP contribution in [-0.4, -0.2) is 37.7 Å². The largest absolute Gasteiger partial charge is 0.497 e. The van der Waals surface area contributed by atoms with Gasteiger partial charge in [0.1, 0.15) is 5.75 Å². The van der Waals surface area contributed by atoms with Crippen LogP contribution >= 0.6 is 0 Å². The first kappa shape index (κ1) is 18.7. The molecule has 2 aromatic carbocycles. The van der Waals surface area contributed by atoms with Crippen molar-refractivity contribution in [1.82, 2.24) is 30.6 Å². The third kappa shape index (κ3) is 3.93. The number of H-pyrrole nitrogens is 2. The Morgan fingerprint density at radius 2 is 1.87 bits per heavy atom. The molecule has 0 saturated heterocycles. The number of hydrogen-bond acceptors (Lipinski definition) is 5. The van der Waals surface area contributed by atoms with E-state index in [9.17, 15) is 0 Å². The summed E-state index contributed by atoms with van der Waals surface area (Å²) in [5.41, 5.74) is 6.31. The summed E-state index contributed by atoms with van der Waals surface area (Å²) in [5, 5.41) is 14.9. The van der Waals surface area contributed by atoms with Gasteiger partial charge in [0.05, 0.1) is 18.5 Å². The normalized spacial score (nSPS) is 11.4. The minimum atomic E-state index is 0.587. The summed E-state index contributed by atoms with van der Waals surface area (Å²) < 4.78 is 5.41. The smallest absolute Gasteiger partial charge is 0.172 e. The summed E-state index contributed by atoms with van der Waals surface area (Å²) in [6.45, 7) is 0. The predicted octanol–water partition coefficient (Wildman–Crippen LogP) is 4.51. The molecule has 0 aliphatic rings. The number of ether oxygens (including phenoxy) is 1. The second-order valence-corrected chi connectivity index (χ2v) is 7.11. The summed E-state index contributed by atoms with van der Waals surface area (Å²) in [7, 11) is 1.68. The fourth-order valence-electron chi connectivity index (χ4n) is 3.67. The fraction of sp³-hybridized carbons (Fsp3) is 0.0833. The van der Waals surface area contributed by atoms with Gasteiger partial charge in [-0.25, -0.2) is 5.10 Å². The third-order valence-electron chi connectivity index (χ3n) is 5.14. The second kappa shape index (κ2) is 8.23. The average Bonchev–Trinajstić information content (AvgIpc) is 3.46. The lowest BCUT2D eigenvalue weighted by atomic mass is 10.0. The summed E-state index contributed by atoms with van der Waals surface area (Å²) in [6.07, 6.45) is 4.39. The monoisotopic (exact) mass is 408 g/mol. The van der Waals surface area contributed by atoms with Gasteiger partial charge in [0.2, 0.25) is 0 Å². The van der Waals surface area contributed by atoms with Gasteiger partial charge < -0.3 is 9.72 Å². The van der Waals surface area contributed by atoms with E-state index in [-0.39, 0.29) is 0 Å². The van der Waals surface area contributed by atoms with Crippen molar-refractivity contribution >= 4 is 23.1 Å². The highest BCUT2D eigenvalue weighted by molar-refractivity contribution is 5.92. The molecule has 7 nitrogen and oxygen atoms in total. The van der Waals surface area contributed by atoms with Crippen molar-refractivity contribution in [2.45, 2.75) is 6.42 Å². The van der Waals surface area contributed by atoms with E-state index in [4.69, 9.17) is 9.72 Å². The first-order chi connectivity index (χ1) is 15.3. The minimum absolute atomic E-state index is 0.587. The number of nitrogens with zero attached hydrogens (tertiary/aromatic N) is 4. The number of rotatable bonds is 6. The van der Waals surface area contributed by atoms with Gasteiger partial charge >= 0.3 is 0 Å². The molecule has 3 heterocycles. The number of aromatic amines is 2.